The van der Waals surface area contributed by atoms with Crippen LogP contribution in [0.1, 0.15) is 46.0 Å². The number of hydrogen-bond acceptors (Lipinski definition) is 4. The highest BCUT2D eigenvalue weighted by molar-refractivity contribution is 5.82. The van der Waals surface area contributed by atoms with Crippen LogP contribution in [0.25, 0.3) is 0 Å². The molecular formula is C20H33N3O3. The molecule has 5 atom stereocenters. The van der Waals surface area contributed by atoms with Crippen molar-refractivity contribution in [2.24, 2.45) is 17.8 Å². The maximum Gasteiger partial charge on any atom is 0.409 e. The number of amides is 2. The smallest absolute Gasteiger partial charge is 0.409 e. The van der Waals surface area contributed by atoms with Crippen LogP contribution < -0.4 is 0 Å². The molecule has 6 heteroatoms. The number of carbonyl (C=O) groups is 2. The number of methoxy groups -OCH3 is 1. The molecular weight excluding hydrogens is 330 g/mol. The summed E-state index contributed by atoms with van der Waals surface area (Å²) in [5, 5.41) is 0. The zero-order valence-corrected chi connectivity index (χ0v) is 16.4. The van der Waals surface area contributed by atoms with Gasteiger partial charge in [0.2, 0.25) is 5.91 Å². The number of rotatable bonds is 4. The summed E-state index contributed by atoms with van der Waals surface area (Å²) < 4.78 is 5.03. The summed E-state index contributed by atoms with van der Waals surface area (Å²) in [6.07, 6.45) is 5.42. The van der Waals surface area contributed by atoms with E-state index in [1.165, 1.54) is 13.5 Å². The van der Waals surface area contributed by atoms with Crippen molar-refractivity contribution in [1.29, 1.82) is 0 Å². The van der Waals surface area contributed by atoms with E-state index < -0.39 is 0 Å². The minimum absolute atomic E-state index is 0.146. The number of fused-ring (bicyclic) bond motifs is 3. The quantitative estimate of drug-likeness (QED) is 0.768. The molecule has 6 nitrogen and oxygen atoms in total. The summed E-state index contributed by atoms with van der Waals surface area (Å²) in [5.74, 6) is 1.80. The predicted molar refractivity (Wildman–Crippen MR) is 98.7 cm³/mol. The minimum Gasteiger partial charge on any atom is -0.453 e. The monoisotopic (exact) mass is 363 g/mol. The van der Waals surface area contributed by atoms with Crippen LogP contribution in [0.2, 0.25) is 0 Å². The molecule has 4 fully saturated rings. The average Bonchev–Trinajstić information content (AvgIpc) is 3.14. The Kier molecular flexibility index (Phi) is 4.88. The highest BCUT2D eigenvalue weighted by Crippen LogP contribution is 2.54. The summed E-state index contributed by atoms with van der Waals surface area (Å²) in [5.41, 5.74) is 0. The van der Waals surface area contributed by atoms with Crippen LogP contribution in [-0.2, 0) is 9.53 Å². The Hall–Kier alpha value is -1.30. The van der Waals surface area contributed by atoms with E-state index in [9.17, 15) is 9.59 Å². The highest BCUT2D eigenvalue weighted by Gasteiger charge is 2.61. The van der Waals surface area contributed by atoms with Crippen LogP contribution in [0.5, 0.6) is 0 Å². The van der Waals surface area contributed by atoms with E-state index in [1.807, 2.05) is 9.80 Å². The zero-order valence-electron chi connectivity index (χ0n) is 16.4. The van der Waals surface area contributed by atoms with Gasteiger partial charge in [0.05, 0.1) is 7.11 Å². The van der Waals surface area contributed by atoms with E-state index >= 15 is 0 Å². The van der Waals surface area contributed by atoms with Gasteiger partial charge in [-0.15, -0.1) is 0 Å². The van der Waals surface area contributed by atoms with Gasteiger partial charge in [0.25, 0.3) is 0 Å². The van der Waals surface area contributed by atoms with Crippen molar-refractivity contribution in [3.8, 4) is 0 Å². The third kappa shape index (κ3) is 2.90. The number of ether oxygens (including phenoxy) is 1. The first kappa shape index (κ1) is 18.1. The molecule has 26 heavy (non-hydrogen) atoms. The van der Waals surface area contributed by atoms with Crippen molar-refractivity contribution in [2.75, 3.05) is 33.3 Å². The maximum absolute atomic E-state index is 12.6. The molecule has 2 amide bonds. The molecule has 3 saturated heterocycles. The second-order valence-electron chi connectivity index (χ2n) is 8.56. The lowest BCUT2D eigenvalue weighted by molar-refractivity contribution is -0.133. The molecule has 2 unspecified atom stereocenters. The molecule has 0 radical (unpaired) electrons. The molecule has 3 heterocycles. The number of nitrogens with zero attached hydrogens (tertiary/aromatic N) is 3. The Morgan fingerprint density at radius 2 is 1.58 bits per heavy atom. The zero-order chi connectivity index (χ0) is 18.4. The Morgan fingerprint density at radius 3 is 2.08 bits per heavy atom. The molecule has 0 aromatic carbocycles. The Labute approximate surface area is 156 Å². The standard InChI is InChI=1S/C20H33N3O3/c1-4-21(5-2)19(24)18-16-11-22(12-17(16)18)15-9-13-7-6-8-14(10-15)23(13)20(25)26-3/h13-18H,4-12H2,1-3H3/t13?,14?,15?,16-,17+,18-. The van der Waals surface area contributed by atoms with Crippen LogP contribution in [0.4, 0.5) is 4.79 Å². The summed E-state index contributed by atoms with van der Waals surface area (Å²) >= 11 is 0. The van der Waals surface area contributed by atoms with Gasteiger partial charge in [-0.2, -0.15) is 0 Å². The van der Waals surface area contributed by atoms with Crippen molar-refractivity contribution >= 4 is 12.0 Å². The van der Waals surface area contributed by atoms with Crippen LogP contribution in [0.3, 0.4) is 0 Å². The van der Waals surface area contributed by atoms with E-state index in [4.69, 9.17) is 4.74 Å². The molecule has 3 aliphatic heterocycles. The number of hydrogen-bond donors (Lipinski definition) is 0. The van der Waals surface area contributed by atoms with Gasteiger partial charge in [0.15, 0.2) is 0 Å². The highest BCUT2D eigenvalue weighted by atomic mass is 16.5. The third-order valence-electron chi connectivity index (χ3n) is 7.43. The molecule has 2 bridgehead atoms. The van der Waals surface area contributed by atoms with E-state index in [2.05, 4.69) is 18.7 Å². The van der Waals surface area contributed by atoms with Gasteiger partial charge in [-0.05, 0) is 57.8 Å². The summed E-state index contributed by atoms with van der Waals surface area (Å²) in [6, 6.07) is 1.25. The van der Waals surface area contributed by atoms with Gasteiger partial charge in [-0.25, -0.2) is 4.79 Å². The Balaban J connectivity index is 1.35. The molecule has 1 saturated carbocycles. The van der Waals surface area contributed by atoms with Gasteiger partial charge in [-0.3, -0.25) is 9.69 Å². The number of carbonyl (C=O) groups excluding carboxylic acids is 2. The minimum atomic E-state index is -0.146. The topological polar surface area (TPSA) is 53.1 Å². The second-order valence-corrected chi connectivity index (χ2v) is 8.56. The molecule has 0 N–H and O–H groups in total. The van der Waals surface area contributed by atoms with E-state index in [0.717, 1.165) is 51.9 Å². The molecule has 4 rings (SSSR count). The van der Waals surface area contributed by atoms with Gasteiger partial charge in [0, 0.05) is 50.2 Å². The van der Waals surface area contributed by atoms with E-state index in [1.54, 1.807) is 0 Å². The number of likely N-dealkylation sites (tertiary alicyclic amines) is 1. The lowest BCUT2D eigenvalue weighted by Crippen LogP contribution is -2.58. The van der Waals surface area contributed by atoms with Crippen LogP contribution in [-0.4, -0.2) is 78.1 Å². The van der Waals surface area contributed by atoms with Crippen molar-refractivity contribution in [1.82, 2.24) is 14.7 Å². The van der Waals surface area contributed by atoms with Crippen LogP contribution in [0, 0.1) is 17.8 Å². The van der Waals surface area contributed by atoms with Gasteiger partial charge >= 0.3 is 6.09 Å². The lowest BCUT2D eigenvalue weighted by atomic mass is 9.81. The Bertz CT molecular complexity index is 539. The summed E-state index contributed by atoms with van der Waals surface area (Å²) in [7, 11) is 1.49. The van der Waals surface area contributed by atoms with Crippen molar-refractivity contribution in [3.05, 3.63) is 0 Å². The molecule has 0 aromatic heterocycles. The van der Waals surface area contributed by atoms with Crippen LogP contribution >= 0.6 is 0 Å². The summed E-state index contributed by atoms with van der Waals surface area (Å²) in [4.78, 5) is 31.4. The van der Waals surface area contributed by atoms with Crippen molar-refractivity contribution in [2.45, 2.75) is 64.1 Å². The van der Waals surface area contributed by atoms with Crippen molar-refractivity contribution < 1.29 is 14.3 Å². The molecule has 1 aliphatic carbocycles. The maximum atomic E-state index is 12.6. The largest absolute Gasteiger partial charge is 0.453 e. The molecule has 4 aliphatic rings. The fourth-order valence-corrected chi connectivity index (χ4v) is 6.02. The van der Waals surface area contributed by atoms with Gasteiger partial charge < -0.3 is 14.5 Å². The molecule has 0 aromatic rings. The Morgan fingerprint density at radius 1 is 1.00 bits per heavy atom. The predicted octanol–water partition coefficient (Wildman–Crippen LogP) is 2.18. The normalized spacial score (nSPS) is 38.7. The summed E-state index contributed by atoms with van der Waals surface area (Å²) in [6.45, 7) is 7.93. The molecule has 146 valence electrons. The van der Waals surface area contributed by atoms with Gasteiger partial charge in [0.1, 0.15) is 0 Å². The fourth-order valence-electron chi connectivity index (χ4n) is 6.02. The first-order valence-corrected chi connectivity index (χ1v) is 10.5. The first-order valence-electron chi connectivity index (χ1n) is 10.5. The lowest BCUT2D eigenvalue weighted by Gasteiger charge is -2.50. The molecule has 0 spiro atoms. The average molecular weight is 364 g/mol. The van der Waals surface area contributed by atoms with Crippen molar-refractivity contribution in [3.63, 3.8) is 0 Å². The van der Waals surface area contributed by atoms with Crippen LogP contribution in [0.15, 0.2) is 0 Å². The third-order valence-corrected chi connectivity index (χ3v) is 7.43. The second kappa shape index (κ2) is 7.02. The number of piperidine rings is 3. The first-order chi connectivity index (χ1) is 12.6. The van der Waals surface area contributed by atoms with E-state index in [0.29, 0.717) is 35.9 Å². The van der Waals surface area contributed by atoms with E-state index in [-0.39, 0.29) is 12.0 Å². The SMILES string of the molecule is CCN(CC)C(=O)[C@@H]1[C@@H]2CN(C3CC4CCCC(C3)N4C(=O)OC)C[C@@H]21. The fraction of sp³-hybridized carbons (Fsp3) is 0.900. The van der Waals surface area contributed by atoms with Gasteiger partial charge in [-0.1, -0.05) is 0 Å².